The third-order valence-corrected chi connectivity index (χ3v) is 5.34. The molecule has 23 heavy (non-hydrogen) atoms. The summed E-state index contributed by atoms with van der Waals surface area (Å²) >= 11 is 0. The summed E-state index contributed by atoms with van der Waals surface area (Å²) in [5.74, 6) is 0.216. The Morgan fingerprint density at radius 2 is 1.43 bits per heavy atom. The van der Waals surface area contributed by atoms with E-state index in [2.05, 4.69) is 27.7 Å². The van der Waals surface area contributed by atoms with Crippen molar-refractivity contribution in [3.8, 4) is 0 Å². The fourth-order valence-corrected chi connectivity index (χ4v) is 3.40. The van der Waals surface area contributed by atoms with Crippen molar-refractivity contribution in [2.24, 2.45) is 11.8 Å². The number of hydrogen-bond donors (Lipinski definition) is 0. The number of rotatable bonds is 9. The van der Waals surface area contributed by atoms with Crippen molar-refractivity contribution in [3.05, 3.63) is 30.3 Å². The molecule has 0 heterocycles. The van der Waals surface area contributed by atoms with Crippen molar-refractivity contribution in [2.75, 3.05) is 18.8 Å². The lowest BCUT2D eigenvalue weighted by Gasteiger charge is -2.24. The molecule has 0 N–H and O–H groups in total. The largest absolute Gasteiger partial charge is 0.342 e. The molecule has 1 amide bonds. The summed E-state index contributed by atoms with van der Waals surface area (Å²) in [6.45, 7) is 9.65. The molecular weight excluding hydrogens is 310 g/mol. The minimum Gasteiger partial charge on any atom is -0.342 e. The first-order chi connectivity index (χ1) is 10.7. The molecule has 5 heteroatoms. The van der Waals surface area contributed by atoms with Gasteiger partial charge in [0.25, 0.3) is 0 Å². The molecule has 0 spiro atoms. The van der Waals surface area contributed by atoms with Gasteiger partial charge in [0.1, 0.15) is 5.75 Å². The van der Waals surface area contributed by atoms with E-state index < -0.39 is 15.6 Å². The van der Waals surface area contributed by atoms with Gasteiger partial charge in [-0.05, 0) is 36.8 Å². The maximum absolute atomic E-state index is 12.5. The second-order valence-electron chi connectivity index (χ2n) is 6.82. The van der Waals surface area contributed by atoms with Crippen molar-refractivity contribution in [1.29, 1.82) is 0 Å². The van der Waals surface area contributed by atoms with Gasteiger partial charge in [0.2, 0.25) is 5.91 Å². The van der Waals surface area contributed by atoms with Crippen LogP contribution < -0.4 is 0 Å². The first-order valence-corrected chi connectivity index (χ1v) is 9.93. The molecule has 0 saturated carbocycles. The third-order valence-electron chi connectivity index (χ3n) is 3.72. The van der Waals surface area contributed by atoms with Crippen molar-refractivity contribution < 1.29 is 13.2 Å². The number of amides is 1. The van der Waals surface area contributed by atoms with E-state index in [0.29, 0.717) is 24.9 Å². The summed E-state index contributed by atoms with van der Waals surface area (Å²) in [6.07, 6.45) is 1.77. The minimum absolute atomic E-state index is 0.209. The Morgan fingerprint density at radius 3 is 1.87 bits per heavy atom. The molecule has 0 atom stereocenters. The van der Waals surface area contributed by atoms with Crippen LogP contribution >= 0.6 is 0 Å². The molecular formula is C18H29NO3S. The topological polar surface area (TPSA) is 54.5 Å². The lowest BCUT2D eigenvalue weighted by molar-refractivity contribution is -0.128. The average molecular weight is 340 g/mol. The maximum atomic E-state index is 12.5. The number of benzene rings is 1. The van der Waals surface area contributed by atoms with Crippen LogP contribution in [0.3, 0.4) is 0 Å². The summed E-state index contributed by atoms with van der Waals surface area (Å²) in [7, 11) is -3.57. The highest BCUT2D eigenvalue weighted by atomic mass is 32.2. The van der Waals surface area contributed by atoms with Gasteiger partial charge < -0.3 is 4.90 Å². The van der Waals surface area contributed by atoms with E-state index in [1.165, 1.54) is 12.1 Å². The third kappa shape index (κ3) is 7.16. The van der Waals surface area contributed by atoms with Crippen LogP contribution in [0.5, 0.6) is 0 Å². The van der Waals surface area contributed by atoms with Crippen molar-refractivity contribution >= 4 is 15.7 Å². The maximum Gasteiger partial charge on any atom is 0.238 e. The molecule has 0 saturated heterocycles. The summed E-state index contributed by atoms with van der Waals surface area (Å²) in [5.41, 5.74) is 0. The van der Waals surface area contributed by atoms with Crippen LogP contribution in [0.1, 0.15) is 40.5 Å². The molecule has 0 aromatic heterocycles. The van der Waals surface area contributed by atoms with Crippen LogP contribution in [0, 0.1) is 11.8 Å². The predicted octanol–water partition coefficient (Wildman–Crippen LogP) is 3.38. The second-order valence-corrected chi connectivity index (χ2v) is 8.81. The van der Waals surface area contributed by atoms with E-state index in [1.807, 2.05) is 0 Å². The molecule has 1 rings (SSSR count). The Kier molecular flexibility index (Phi) is 7.76. The number of carbonyl (C=O) groups excluding carboxylic acids is 1. The molecule has 0 bridgehead atoms. The molecule has 0 unspecified atom stereocenters. The fourth-order valence-electron chi connectivity index (χ4n) is 2.15. The molecule has 130 valence electrons. The second kappa shape index (κ2) is 9.06. The standard InChI is InChI=1S/C18H29NO3S/c1-15(2)10-12-19(13-11-16(3)4)18(20)14-23(21,22)17-8-6-5-7-9-17/h5-9,15-16H,10-14H2,1-4H3. The van der Waals surface area contributed by atoms with Gasteiger partial charge in [-0.1, -0.05) is 45.9 Å². The average Bonchev–Trinajstić information content (AvgIpc) is 2.47. The highest BCUT2D eigenvalue weighted by molar-refractivity contribution is 7.92. The van der Waals surface area contributed by atoms with Gasteiger partial charge in [-0.2, -0.15) is 0 Å². The first kappa shape index (κ1) is 19.7. The molecule has 4 nitrogen and oxygen atoms in total. The van der Waals surface area contributed by atoms with Crippen LogP contribution in [0.15, 0.2) is 35.2 Å². The number of carbonyl (C=O) groups is 1. The number of nitrogens with zero attached hydrogens (tertiary/aromatic N) is 1. The van der Waals surface area contributed by atoms with Gasteiger partial charge in [-0.25, -0.2) is 8.42 Å². The van der Waals surface area contributed by atoms with Crippen LogP contribution in [0.25, 0.3) is 0 Å². The fraction of sp³-hybridized carbons (Fsp3) is 0.611. The van der Waals surface area contributed by atoms with Crippen LogP contribution in [0.4, 0.5) is 0 Å². The molecule has 0 aliphatic rings. The van der Waals surface area contributed by atoms with E-state index in [4.69, 9.17) is 0 Å². The summed E-state index contributed by atoms with van der Waals surface area (Å²) in [5, 5.41) is 0. The van der Waals surface area contributed by atoms with Gasteiger partial charge in [0.05, 0.1) is 4.90 Å². The Morgan fingerprint density at radius 1 is 0.957 bits per heavy atom. The monoisotopic (exact) mass is 339 g/mol. The van der Waals surface area contributed by atoms with E-state index >= 15 is 0 Å². The molecule has 1 aromatic rings. The lowest BCUT2D eigenvalue weighted by atomic mass is 10.1. The lowest BCUT2D eigenvalue weighted by Crippen LogP contribution is -2.38. The summed E-state index contributed by atoms with van der Waals surface area (Å²) < 4.78 is 24.8. The van der Waals surface area contributed by atoms with Crippen LogP contribution in [-0.2, 0) is 14.6 Å². The highest BCUT2D eigenvalue weighted by Crippen LogP contribution is 2.13. The van der Waals surface area contributed by atoms with E-state index in [9.17, 15) is 13.2 Å². The zero-order chi connectivity index (χ0) is 17.5. The van der Waals surface area contributed by atoms with Gasteiger partial charge >= 0.3 is 0 Å². The normalized spacial score (nSPS) is 11.9. The quantitative estimate of drug-likeness (QED) is 0.693. The van der Waals surface area contributed by atoms with E-state index in [0.717, 1.165) is 12.8 Å². The van der Waals surface area contributed by atoms with Crippen molar-refractivity contribution in [2.45, 2.75) is 45.4 Å². The zero-order valence-corrected chi connectivity index (χ0v) is 15.5. The van der Waals surface area contributed by atoms with Gasteiger partial charge in [-0.3, -0.25) is 4.79 Å². The molecule has 0 aliphatic carbocycles. The Bertz CT molecular complexity index is 568. The van der Waals surface area contributed by atoms with E-state index in [1.54, 1.807) is 23.1 Å². The van der Waals surface area contributed by atoms with Gasteiger partial charge in [0.15, 0.2) is 9.84 Å². The van der Waals surface area contributed by atoms with Gasteiger partial charge in [-0.15, -0.1) is 0 Å². The zero-order valence-electron chi connectivity index (χ0n) is 14.7. The van der Waals surface area contributed by atoms with Gasteiger partial charge in [0, 0.05) is 13.1 Å². The summed E-state index contributed by atoms with van der Waals surface area (Å²) in [4.78, 5) is 14.4. The first-order valence-electron chi connectivity index (χ1n) is 8.28. The number of hydrogen-bond acceptors (Lipinski definition) is 3. The van der Waals surface area contributed by atoms with Crippen LogP contribution in [-0.4, -0.2) is 38.1 Å². The molecule has 1 aromatic carbocycles. The SMILES string of the molecule is CC(C)CCN(CCC(C)C)C(=O)CS(=O)(=O)c1ccccc1. The highest BCUT2D eigenvalue weighted by Gasteiger charge is 2.23. The Labute approximate surface area is 140 Å². The molecule has 0 fully saturated rings. The van der Waals surface area contributed by atoms with E-state index in [-0.39, 0.29) is 10.8 Å². The molecule has 0 radical (unpaired) electrons. The number of sulfone groups is 1. The summed E-state index contributed by atoms with van der Waals surface area (Å²) in [6, 6.07) is 8.18. The van der Waals surface area contributed by atoms with Crippen molar-refractivity contribution in [3.63, 3.8) is 0 Å². The Balaban J connectivity index is 2.78. The Hall–Kier alpha value is -1.36. The molecule has 0 aliphatic heterocycles. The smallest absolute Gasteiger partial charge is 0.238 e. The van der Waals surface area contributed by atoms with Crippen LogP contribution in [0.2, 0.25) is 0 Å². The minimum atomic E-state index is -3.57. The van der Waals surface area contributed by atoms with Crippen molar-refractivity contribution in [1.82, 2.24) is 4.90 Å². The predicted molar refractivity (Wildman–Crippen MR) is 94.0 cm³/mol.